The van der Waals surface area contributed by atoms with Crippen molar-refractivity contribution in [1.82, 2.24) is 0 Å². The third-order valence-electron chi connectivity index (χ3n) is 2.84. The van der Waals surface area contributed by atoms with Gasteiger partial charge in [0.2, 0.25) is 0 Å². The number of anilines is 1. The van der Waals surface area contributed by atoms with E-state index in [-0.39, 0.29) is 5.78 Å². The molecule has 0 aliphatic carbocycles. The lowest BCUT2D eigenvalue weighted by Gasteiger charge is -2.09. The van der Waals surface area contributed by atoms with Crippen molar-refractivity contribution in [3.63, 3.8) is 0 Å². The number of ether oxygens (including phenoxy) is 1. The van der Waals surface area contributed by atoms with Crippen molar-refractivity contribution in [2.45, 2.75) is 13.3 Å². The maximum atomic E-state index is 12.5. The third-order valence-corrected chi connectivity index (χ3v) is 3.68. The van der Waals surface area contributed by atoms with Gasteiger partial charge >= 0.3 is 0 Å². The second kappa shape index (κ2) is 6.96. The number of rotatable bonds is 5. The minimum atomic E-state index is -0.132. The highest BCUT2D eigenvalue weighted by atomic mass is 79.9. The molecule has 0 bridgehead atoms. The van der Waals surface area contributed by atoms with Gasteiger partial charge in [0.25, 0.3) is 0 Å². The summed E-state index contributed by atoms with van der Waals surface area (Å²) in [5.74, 6) is 0.589. The van der Waals surface area contributed by atoms with Crippen molar-refractivity contribution in [3.8, 4) is 5.75 Å². The van der Waals surface area contributed by atoms with E-state index >= 15 is 0 Å². The molecule has 2 rings (SSSR count). The Morgan fingerprint density at radius 2 is 2.00 bits per heavy atom. The molecule has 0 aliphatic rings. The van der Waals surface area contributed by atoms with Crippen LogP contribution in [0.3, 0.4) is 0 Å². The van der Waals surface area contributed by atoms with Gasteiger partial charge in [0.05, 0.1) is 11.1 Å². The van der Waals surface area contributed by atoms with Gasteiger partial charge in [-0.05, 0) is 58.7 Å². The largest absolute Gasteiger partial charge is 0.492 e. The quantitative estimate of drug-likeness (QED) is 0.614. The molecule has 2 N–H and O–H groups in total. The monoisotopic (exact) mass is 367 g/mol. The summed E-state index contributed by atoms with van der Waals surface area (Å²) in [6.45, 7) is 2.67. The molecule has 21 heavy (non-hydrogen) atoms. The lowest BCUT2D eigenvalue weighted by molar-refractivity contribution is 0.103. The van der Waals surface area contributed by atoms with E-state index in [4.69, 9.17) is 22.1 Å². The van der Waals surface area contributed by atoms with E-state index in [2.05, 4.69) is 15.9 Å². The highest BCUT2D eigenvalue weighted by Gasteiger charge is 2.13. The van der Waals surface area contributed by atoms with Gasteiger partial charge < -0.3 is 10.5 Å². The zero-order valence-electron chi connectivity index (χ0n) is 11.5. The van der Waals surface area contributed by atoms with E-state index in [0.29, 0.717) is 28.4 Å². The molecule has 0 aliphatic heterocycles. The number of halogens is 2. The van der Waals surface area contributed by atoms with Crippen LogP contribution in [0.1, 0.15) is 29.3 Å². The van der Waals surface area contributed by atoms with Gasteiger partial charge in [0.15, 0.2) is 5.78 Å². The highest BCUT2D eigenvalue weighted by Crippen LogP contribution is 2.28. The summed E-state index contributed by atoms with van der Waals surface area (Å²) in [6.07, 6.45) is 0.926. The topological polar surface area (TPSA) is 52.3 Å². The SMILES string of the molecule is CCCOc1ccc(C(=O)c2cc(N)cc(Cl)c2)cc1Br. The fourth-order valence-electron chi connectivity index (χ4n) is 1.88. The van der Waals surface area contributed by atoms with E-state index in [1.807, 2.05) is 6.92 Å². The number of hydrogen-bond donors (Lipinski definition) is 1. The molecule has 0 spiro atoms. The summed E-state index contributed by atoms with van der Waals surface area (Å²) >= 11 is 9.35. The van der Waals surface area contributed by atoms with Crippen LogP contribution in [0, 0.1) is 0 Å². The minimum absolute atomic E-state index is 0.132. The summed E-state index contributed by atoms with van der Waals surface area (Å²) in [5.41, 5.74) is 7.20. The lowest BCUT2D eigenvalue weighted by atomic mass is 10.0. The van der Waals surface area contributed by atoms with Gasteiger partial charge in [0.1, 0.15) is 5.75 Å². The van der Waals surface area contributed by atoms with Crippen LogP contribution >= 0.6 is 27.5 Å². The third kappa shape index (κ3) is 3.99. The molecule has 0 unspecified atom stereocenters. The zero-order valence-corrected chi connectivity index (χ0v) is 13.9. The minimum Gasteiger partial charge on any atom is -0.492 e. The molecule has 0 amide bonds. The molecule has 2 aromatic rings. The van der Waals surface area contributed by atoms with Gasteiger partial charge in [-0.15, -0.1) is 0 Å². The molecule has 5 heteroatoms. The predicted octanol–water partition coefficient (Wildman–Crippen LogP) is 4.70. The number of hydrogen-bond acceptors (Lipinski definition) is 3. The number of carbonyl (C=O) groups is 1. The number of nitrogen functional groups attached to an aromatic ring is 1. The second-order valence-corrected chi connectivity index (χ2v) is 5.89. The summed E-state index contributed by atoms with van der Waals surface area (Å²) < 4.78 is 6.31. The average molecular weight is 369 g/mol. The van der Waals surface area contributed by atoms with Gasteiger partial charge in [0, 0.05) is 21.8 Å². The molecule has 0 radical (unpaired) electrons. The fraction of sp³-hybridized carbons (Fsp3) is 0.188. The maximum Gasteiger partial charge on any atom is 0.193 e. The molecule has 110 valence electrons. The Morgan fingerprint density at radius 1 is 1.24 bits per heavy atom. The van der Waals surface area contributed by atoms with E-state index in [9.17, 15) is 4.79 Å². The Bertz CT molecular complexity index is 653. The van der Waals surface area contributed by atoms with Crippen LogP contribution in [0.2, 0.25) is 5.02 Å². The van der Waals surface area contributed by atoms with Crippen molar-refractivity contribution in [2.24, 2.45) is 0 Å². The summed E-state index contributed by atoms with van der Waals surface area (Å²) in [5, 5.41) is 0.445. The summed E-state index contributed by atoms with van der Waals surface area (Å²) in [6, 6.07) is 10.1. The molecule has 0 aromatic heterocycles. The molecule has 2 aromatic carbocycles. The lowest BCUT2D eigenvalue weighted by Crippen LogP contribution is -2.03. The van der Waals surface area contributed by atoms with Crippen molar-refractivity contribution in [3.05, 3.63) is 57.0 Å². The van der Waals surface area contributed by atoms with E-state index in [0.717, 1.165) is 16.6 Å². The van der Waals surface area contributed by atoms with Crippen LogP contribution < -0.4 is 10.5 Å². The Kier molecular flexibility index (Phi) is 5.26. The maximum absolute atomic E-state index is 12.5. The normalized spacial score (nSPS) is 10.4. The fourth-order valence-corrected chi connectivity index (χ4v) is 2.62. The van der Waals surface area contributed by atoms with Crippen molar-refractivity contribution >= 4 is 39.0 Å². The summed E-state index contributed by atoms with van der Waals surface area (Å²) in [4.78, 5) is 12.5. The first kappa shape index (κ1) is 15.9. The molecular formula is C16H15BrClNO2. The Labute approximate surface area is 137 Å². The number of nitrogens with two attached hydrogens (primary N) is 1. The van der Waals surface area contributed by atoms with Crippen LogP contribution in [0.15, 0.2) is 40.9 Å². The van der Waals surface area contributed by atoms with Crippen LogP contribution in [0.4, 0.5) is 5.69 Å². The Balaban J connectivity index is 2.29. The molecule has 0 heterocycles. The first-order valence-corrected chi connectivity index (χ1v) is 7.71. The van der Waals surface area contributed by atoms with Gasteiger partial charge in [-0.1, -0.05) is 18.5 Å². The molecule has 0 atom stereocenters. The van der Waals surface area contributed by atoms with Gasteiger partial charge in [-0.25, -0.2) is 0 Å². The van der Waals surface area contributed by atoms with Gasteiger partial charge in [-0.2, -0.15) is 0 Å². The number of ketones is 1. The smallest absolute Gasteiger partial charge is 0.193 e. The van der Waals surface area contributed by atoms with E-state index < -0.39 is 0 Å². The van der Waals surface area contributed by atoms with E-state index in [1.54, 1.807) is 36.4 Å². The van der Waals surface area contributed by atoms with Crippen molar-refractivity contribution in [2.75, 3.05) is 12.3 Å². The van der Waals surface area contributed by atoms with Crippen LogP contribution in [0.5, 0.6) is 5.75 Å². The predicted molar refractivity (Wildman–Crippen MR) is 89.2 cm³/mol. The first-order valence-electron chi connectivity index (χ1n) is 6.54. The van der Waals surface area contributed by atoms with Crippen LogP contribution in [0.25, 0.3) is 0 Å². The van der Waals surface area contributed by atoms with Crippen molar-refractivity contribution < 1.29 is 9.53 Å². The van der Waals surface area contributed by atoms with Gasteiger partial charge in [-0.3, -0.25) is 4.79 Å². The standard InChI is InChI=1S/C16H15BrClNO2/c1-2-5-21-15-4-3-10(8-14(15)17)16(20)11-6-12(18)9-13(19)7-11/h3-4,6-9H,2,5,19H2,1H3. The summed E-state index contributed by atoms with van der Waals surface area (Å²) in [7, 11) is 0. The van der Waals surface area contributed by atoms with E-state index in [1.165, 1.54) is 0 Å². The number of carbonyl (C=O) groups excluding carboxylic acids is 1. The molecule has 0 fully saturated rings. The van der Waals surface area contributed by atoms with Crippen LogP contribution in [-0.2, 0) is 0 Å². The average Bonchev–Trinajstić information content (AvgIpc) is 2.44. The second-order valence-electron chi connectivity index (χ2n) is 4.60. The first-order chi connectivity index (χ1) is 10.0. The number of benzene rings is 2. The zero-order chi connectivity index (χ0) is 15.4. The molecular weight excluding hydrogens is 354 g/mol. The van der Waals surface area contributed by atoms with Crippen molar-refractivity contribution in [1.29, 1.82) is 0 Å². The molecule has 0 saturated carbocycles. The molecule has 0 saturated heterocycles. The van der Waals surface area contributed by atoms with Crippen LogP contribution in [-0.4, -0.2) is 12.4 Å². The Hall–Kier alpha value is -1.52. The highest BCUT2D eigenvalue weighted by molar-refractivity contribution is 9.10. The molecule has 3 nitrogen and oxygen atoms in total. The Morgan fingerprint density at radius 3 is 2.62 bits per heavy atom.